The van der Waals surface area contributed by atoms with Gasteiger partial charge in [-0.2, -0.15) is 0 Å². The highest BCUT2D eigenvalue weighted by molar-refractivity contribution is 5.33. The molecule has 1 aromatic rings. The maximum Gasteiger partial charge on any atom is 0.130 e. The predicted molar refractivity (Wildman–Crippen MR) is 70.9 cm³/mol. The van der Waals surface area contributed by atoms with Crippen LogP contribution in [0.3, 0.4) is 0 Å². The summed E-state index contributed by atoms with van der Waals surface area (Å²) in [6.45, 7) is 4.85. The van der Waals surface area contributed by atoms with Crippen molar-refractivity contribution in [3.63, 3.8) is 0 Å². The lowest BCUT2D eigenvalue weighted by atomic mass is 9.88. The van der Waals surface area contributed by atoms with Gasteiger partial charge in [0.1, 0.15) is 18.0 Å². The van der Waals surface area contributed by atoms with Crippen LogP contribution in [0.5, 0.6) is 5.75 Å². The molecule has 18 heavy (non-hydrogen) atoms. The molecule has 1 aromatic carbocycles. The third-order valence-corrected chi connectivity index (χ3v) is 3.37. The number of ether oxygens (including phenoxy) is 2. The highest BCUT2D eigenvalue weighted by atomic mass is 16.6. The number of hydrogen-bond acceptors (Lipinski definition) is 3. The van der Waals surface area contributed by atoms with Crippen molar-refractivity contribution in [1.82, 2.24) is 0 Å². The van der Waals surface area contributed by atoms with Crippen molar-refractivity contribution >= 4 is 0 Å². The van der Waals surface area contributed by atoms with E-state index in [1.54, 1.807) is 0 Å². The van der Waals surface area contributed by atoms with E-state index in [0.717, 1.165) is 18.6 Å². The Morgan fingerprint density at radius 3 is 2.72 bits per heavy atom. The molecule has 3 atom stereocenters. The van der Waals surface area contributed by atoms with E-state index < -0.39 is 0 Å². The Kier molecular flexibility index (Phi) is 4.61. The average Bonchev–Trinajstić information content (AvgIpc) is 2.39. The zero-order valence-electron chi connectivity index (χ0n) is 11.1. The average molecular weight is 250 g/mol. The first-order valence-electron chi connectivity index (χ1n) is 6.80. The maximum atomic E-state index is 9.70. The van der Waals surface area contributed by atoms with E-state index >= 15 is 0 Å². The molecule has 0 amide bonds. The van der Waals surface area contributed by atoms with Crippen LogP contribution in [-0.4, -0.2) is 30.0 Å². The predicted octanol–water partition coefficient (Wildman–Crippen LogP) is 2.56. The summed E-state index contributed by atoms with van der Waals surface area (Å²) < 4.78 is 11.6. The molecule has 3 nitrogen and oxygen atoms in total. The van der Waals surface area contributed by atoms with Crippen molar-refractivity contribution in [1.29, 1.82) is 0 Å². The molecular weight excluding hydrogens is 228 g/mol. The van der Waals surface area contributed by atoms with Gasteiger partial charge in [-0.05, 0) is 24.5 Å². The van der Waals surface area contributed by atoms with E-state index in [4.69, 9.17) is 9.47 Å². The van der Waals surface area contributed by atoms with Crippen molar-refractivity contribution in [3.8, 4) is 5.75 Å². The van der Waals surface area contributed by atoms with Crippen LogP contribution in [0.25, 0.3) is 0 Å². The van der Waals surface area contributed by atoms with Crippen LogP contribution in [0.4, 0.5) is 0 Å². The molecule has 1 saturated carbocycles. The molecule has 0 spiro atoms. The Hall–Kier alpha value is -1.06. The summed E-state index contributed by atoms with van der Waals surface area (Å²) >= 11 is 0. The third kappa shape index (κ3) is 2.85. The summed E-state index contributed by atoms with van der Waals surface area (Å²) in [6.07, 6.45) is 2.00. The standard InChI is InChI=1S/C15H22O3/c1-3-9-17-15-12(16)10-14(15)18-13-8-6-5-7-11(13)4-2/h5-8,12,14-16H,3-4,9-10H2,1-2H3. The summed E-state index contributed by atoms with van der Waals surface area (Å²) in [6, 6.07) is 8.06. The minimum absolute atomic E-state index is 0.0146. The monoisotopic (exact) mass is 250 g/mol. The topological polar surface area (TPSA) is 38.7 Å². The van der Waals surface area contributed by atoms with E-state index in [9.17, 15) is 5.11 Å². The molecule has 0 saturated heterocycles. The number of rotatable bonds is 6. The molecule has 0 aromatic heterocycles. The molecule has 1 aliphatic carbocycles. The van der Waals surface area contributed by atoms with Crippen LogP contribution >= 0.6 is 0 Å². The van der Waals surface area contributed by atoms with Crippen LogP contribution in [0, 0.1) is 0 Å². The molecule has 0 aliphatic heterocycles. The summed E-state index contributed by atoms with van der Waals surface area (Å²) in [7, 11) is 0. The van der Waals surface area contributed by atoms with Gasteiger partial charge in [0.2, 0.25) is 0 Å². The van der Waals surface area contributed by atoms with E-state index in [1.807, 2.05) is 18.2 Å². The lowest BCUT2D eigenvalue weighted by molar-refractivity contribution is -0.162. The van der Waals surface area contributed by atoms with E-state index in [2.05, 4.69) is 19.9 Å². The Morgan fingerprint density at radius 2 is 2.06 bits per heavy atom. The molecular formula is C15H22O3. The van der Waals surface area contributed by atoms with Gasteiger partial charge in [-0.3, -0.25) is 0 Å². The van der Waals surface area contributed by atoms with Crippen LogP contribution in [0.2, 0.25) is 0 Å². The van der Waals surface area contributed by atoms with Crippen molar-refractivity contribution in [2.75, 3.05) is 6.61 Å². The SMILES string of the molecule is CCCOC1C(O)CC1Oc1ccccc1CC. The maximum absolute atomic E-state index is 9.70. The molecule has 1 fully saturated rings. The summed E-state index contributed by atoms with van der Waals surface area (Å²) in [4.78, 5) is 0. The molecule has 1 N–H and O–H groups in total. The zero-order valence-corrected chi connectivity index (χ0v) is 11.1. The van der Waals surface area contributed by atoms with Crippen molar-refractivity contribution < 1.29 is 14.6 Å². The summed E-state index contributed by atoms with van der Waals surface area (Å²) in [5.74, 6) is 0.919. The van der Waals surface area contributed by atoms with Crippen molar-refractivity contribution in [2.45, 2.75) is 51.4 Å². The highest BCUT2D eigenvalue weighted by Crippen LogP contribution is 2.30. The second-order valence-electron chi connectivity index (χ2n) is 4.76. The smallest absolute Gasteiger partial charge is 0.130 e. The fourth-order valence-corrected chi connectivity index (χ4v) is 2.22. The first kappa shape index (κ1) is 13.4. The lowest BCUT2D eigenvalue weighted by Crippen LogP contribution is -2.55. The molecule has 0 radical (unpaired) electrons. The van der Waals surface area contributed by atoms with Gasteiger partial charge in [-0.15, -0.1) is 0 Å². The zero-order chi connectivity index (χ0) is 13.0. The summed E-state index contributed by atoms with van der Waals surface area (Å²) in [5.41, 5.74) is 1.20. The fraction of sp³-hybridized carbons (Fsp3) is 0.600. The van der Waals surface area contributed by atoms with Gasteiger partial charge in [-0.25, -0.2) is 0 Å². The molecule has 2 rings (SSSR count). The summed E-state index contributed by atoms with van der Waals surface area (Å²) in [5, 5.41) is 9.70. The number of hydrogen-bond donors (Lipinski definition) is 1. The lowest BCUT2D eigenvalue weighted by Gasteiger charge is -2.41. The fourth-order valence-electron chi connectivity index (χ4n) is 2.22. The first-order chi connectivity index (χ1) is 8.76. The Balaban J connectivity index is 1.96. The molecule has 100 valence electrons. The van der Waals surface area contributed by atoms with Crippen molar-refractivity contribution in [2.24, 2.45) is 0 Å². The minimum atomic E-state index is -0.379. The van der Waals surface area contributed by atoms with Gasteiger partial charge < -0.3 is 14.6 Å². The normalized spacial score (nSPS) is 26.7. The van der Waals surface area contributed by atoms with E-state index in [-0.39, 0.29) is 18.3 Å². The minimum Gasteiger partial charge on any atom is -0.487 e. The number of benzene rings is 1. The van der Waals surface area contributed by atoms with Crippen LogP contribution in [-0.2, 0) is 11.2 Å². The Labute approximate surface area is 109 Å². The van der Waals surface area contributed by atoms with Crippen LogP contribution in [0.15, 0.2) is 24.3 Å². The quantitative estimate of drug-likeness (QED) is 0.843. The van der Waals surface area contributed by atoms with Gasteiger partial charge in [0.05, 0.1) is 6.10 Å². The molecule has 0 heterocycles. The highest BCUT2D eigenvalue weighted by Gasteiger charge is 2.42. The number of para-hydroxylation sites is 1. The Bertz CT molecular complexity index is 378. The molecule has 3 heteroatoms. The number of aliphatic hydroxyl groups excluding tert-OH is 1. The van der Waals surface area contributed by atoms with E-state index in [1.165, 1.54) is 5.56 Å². The first-order valence-corrected chi connectivity index (χ1v) is 6.80. The number of aliphatic hydroxyl groups is 1. The van der Waals surface area contributed by atoms with Crippen LogP contribution in [0.1, 0.15) is 32.3 Å². The second-order valence-corrected chi connectivity index (χ2v) is 4.76. The molecule has 3 unspecified atom stereocenters. The number of aryl methyl sites for hydroxylation is 1. The van der Waals surface area contributed by atoms with Crippen molar-refractivity contribution in [3.05, 3.63) is 29.8 Å². The van der Waals surface area contributed by atoms with Gasteiger partial charge in [0, 0.05) is 13.0 Å². The third-order valence-electron chi connectivity index (χ3n) is 3.37. The van der Waals surface area contributed by atoms with Gasteiger partial charge >= 0.3 is 0 Å². The van der Waals surface area contributed by atoms with Gasteiger partial charge in [0.25, 0.3) is 0 Å². The molecule has 1 aliphatic rings. The van der Waals surface area contributed by atoms with Crippen LogP contribution < -0.4 is 4.74 Å². The van der Waals surface area contributed by atoms with Gasteiger partial charge in [-0.1, -0.05) is 32.0 Å². The molecule has 0 bridgehead atoms. The van der Waals surface area contributed by atoms with E-state index in [0.29, 0.717) is 13.0 Å². The largest absolute Gasteiger partial charge is 0.487 e. The van der Waals surface area contributed by atoms with Gasteiger partial charge in [0.15, 0.2) is 0 Å². The second kappa shape index (κ2) is 6.21. The Morgan fingerprint density at radius 1 is 1.28 bits per heavy atom.